The van der Waals surface area contributed by atoms with Gasteiger partial charge in [0, 0.05) is 38.5 Å². The molecular formula is C27H32BBr3I2N2O2. The summed E-state index contributed by atoms with van der Waals surface area (Å²) in [7, 11) is -1.45. The van der Waals surface area contributed by atoms with Crippen LogP contribution in [0.15, 0.2) is 86.5 Å². The Morgan fingerprint density at radius 2 is 1.14 bits per heavy atom. The molecule has 0 fully saturated rings. The van der Waals surface area contributed by atoms with E-state index in [2.05, 4.69) is 141 Å². The molecule has 2 aromatic heterocycles. The molecular weight excluding hydrogens is 889 g/mol. The van der Waals surface area contributed by atoms with E-state index in [-0.39, 0.29) is 27.9 Å². The van der Waals surface area contributed by atoms with Gasteiger partial charge in [-0.1, -0.05) is 82.2 Å². The Morgan fingerprint density at radius 3 is 1.54 bits per heavy atom. The van der Waals surface area contributed by atoms with E-state index < -0.39 is 7.12 Å². The summed E-state index contributed by atoms with van der Waals surface area (Å²) in [6.45, 7) is 4.18. The van der Waals surface area contributed by atoms with E-state index in [1.165, 1.54) is 30.0 Å². The van der Waals surface area contributed by atoms with Crippen LogP contribution in [0.25, 0.3) is 11.3 Å². The van der Waals surface area contributed by atoms with E-state index in [9.17, 15) is 0 Å². The molecule has 0 unspecified atom stereocenters. The van der Waals surface area contributed by atoms with E-state index in [1.54, 1.807) is 18.2 Å². The SMILES string of the molecule is C.C.C.Cc1c(Br)cc(I)cc1-c1ccccn1.Cc1c(Br)cc(I)cc1Br.OB(O)c1ccccn1. The summed E-state index contributed by atoms with van der Waals surface area (Å²) in [5.74, 6) is 0. The zero-order valence-corrected chi connectivity index (χ0v) is 27.3. The summed E-state index contributed by atoms with van der Waals surface area (Å²) in [6, 6.07) is 19.4. The molecule has 4 aromatic rings. The van der Waals surface area contributed by atoms with Crippen LogP contribution in [0.1, 0.15) is 33.4 Å². The van der Waals surface area contributed by atoms with Gasteiger partial charge in [-0.3, -0.25) is 9.97 Å². The smallest absolute Gasteiger partial charge is 0.422 e. The van der Waals surface area contributed by atoms with Crippen LogP contribution < -0.4 is 5.59 Å². The Labute approximate surface area is 275 Å². The second-order valence-corrected chi connectivity index (χ2v) is 12.0. The lowest BCUT2D eigenvalue weighted by molar-refractivity contribution is 0.424. The molecule has 0 spiro atoms. The fraction of sp³-hybridized carbons (Fsp3) is 0.185. The molecule has 200 valence electrons. The fourth-order valence-corrected chi connectivity index (χ4v) is 6.75. The van der Waals surface area contributed by atoms with E-state index >= 15 is 0 Å². The molecule has 37 heavy (non-hydrogen) atoms. The summed E-state index contributed by atoms with van der Waals surface area (Å²) >= 11 is 15.1. The third-order valence-electron chi connectivity index (χ3n) is 4.45. The van der Waals surface area contributed by atoms with Crippen molar-refractivity contribution in [2.75, 3.05) is 0 Å². The normalized spacial score (nSPS) is 9.11. The quantitative estimate of drug-likeness (QED) is 0.156. The van der Waals surface area contributed by atoms with E-state index in [1.807, 2.05) is 24.4 Å². The Hall–Kier alpha value is -0.375. The largest absolute Gasteiger partial charge is 0.508 e. The summed E-state index contributed by atoms with van der Waals surface area (Å²) in [5, 5.41) is 17.0. The Morgan fingerprint density at radius 1 is 0.676 bits per heavy atom. The van der Waals surface area contributed by atoms with Crippen molar-refractivity contribution in [3.05, 3.63) is 105 Å². The lowest BCUT2D eigenvalue weighted by atomic mass is 9.86. The maximum Gasteiger partial charge on any atom is 0.508 e. The van der Waals surface area contributed by atoms with Gasteiger partial charge in [0.1, 0.15) is 0 Å². The summed E-state index contributed by atoms with van der Waals surface area (Å²) in [6.07, 6.45) is 3.33. The van der Waals surface area contributed by atoms with Gasteiger partial charge in [-0.05, 0) is 119 Å². The van der Waals surface area contributed by atoms with Crippen molar-refractivity contribution in [3.8, 4) is 11.3 Å². The minimum Gasteiger partial charge on any atom is -0.422 e. The van der Waals surface area contributed by atoms with Gasteiger partial charge in [0.25, 0.3) is 0 Å². The number of benzene rings is 2. The molecule has 10 heteroatoms. The van der Waals surface area contributed by atoms with Crippen molar-refractivity contribution in [2.45, 2.75) is 36.1 Å². The van der Waals surface area contributed by atoms with Gasteiger partial charge < -0.3 is 10.0 Å². The molecule has 0 aliphatic rings. The van der Waals surface area contributed by atoms with Crippen molar-refractivity contribution < 1.29 is 10.0 Å². The predicted molar refractivity (Wildman–Crippen MR) is 188 cm³/mol. The summed E-state index contributed by atoms with van der Waals surface area (Å²) in [4.78, 5) is 8.05. The topological polar surface area (TPSA) is 66.2 Å². The number of nitrogens with zero attached hydrogens (tertiary/aromatic N) is 2. The van der Waals surface area contributed by atoms with Crippen LogP contribution in [0, 0.1) is 21.0 Å². The molecule has 2 aromatic carbocycles. The van der Waals surface area contributed by atoms with Gasteiger partial charge in [-0.15, -0.1) is 0 Å². The molecule has 2 heterocycles. The van der Waals surface area contributed by atoms with Crippen molar-refractivity contribution in [1.29, 1.82) is 0 Å². The lowest BCUT2D eigenvalue weighted by Crippen LogP contribution is -2.31. The predicted octanol–water partition coefficient (Wildman–Crippen LogP) is 9.22. The minimum atomic E-state index is -1.45. The molecule has 0 bridgehead atoms. The Kier molecular flexibility index (Phi) is 20.6. The van der Waals surface area contributed by atoms with Crippen LogP contribution in [0.2, 0.25) is 0 Å². The first-order valence-corrected chi connectivity index (χ1v) is 14.4. The first-order chi connectivity index (χ1) is 16.1. The van der Waals surface area contributed by atoms with Crippen LogP contribution in [-0.4, -0.2) is 27.1 Å². The highest BCUT2D eigenvalue weighted by atomic mass is 127. The number of rotatable bonds is 2. The van der Waals surface area contributed by atoms with Crippen molar-refractivity contribution in [2.24, 2.45) is 0 Å². The molecule has 0 amide bonds. The van der Waals surface area contributed by atoms with Gasteiger partial charge >= 0.3 is 7.12 Å². The third-order valence-corrected chi connectivity index (χ3v) is 8.16. The minimum absolute atomic E-state index is 0. The maximum absolute atomic E-state index is 8.52. The molecule has 4 rings (SSSR count). The van der Waals surface area contributed by atoms with Crippen molar-refractivity contribution in [3.63, 3.8) is 0 Å². The average molecular weight is 921 g/mol. The van der Waals surface area contributed by atoms with Crippen LogP contribution in [0.5, 0.6) is 0 Å². The van der Waals surface area contributed by atoms with E-state index in [0.717, 1.165) is 19.1 Å². The number of pyridine rings is 2. The monoisotopic (exact) mass is 918 g/mol. The number of aromatic nitrogens is 2. The zero-order chi connectivity index (χ0) is 25.3. The maximum atomic E-state index is 8.52. The standard InChI is InChI=1S/C12H9BrIN.C7H5Br2I.C5H6BNO2.3CH4/c1-8-10(6-9(14)7-11(8)13)12-4-2-3-5-15-12;1-4-6(8)2-5(10)3-7(4)9;8-6(9)5-3-1-2-4-7-5;;;/h2-7H,1H3;2-3H,1H3;1-4,8-9H;3*1H4. The van der Waals surface area contributed by atoms with Gasteiger partial charge in [-0.25, -0.2) is 0 Å². The highest BCUT2D eigenvalue weighted by Gasteiger charge is 2.10. The van der Waals surface area contributed by atoms with Crippen molar-refractivity contribution in [1.82, 2.24) is 9.97 Å². The van der Waals surface area contributed by atoms with Crippen LogP contribution in [0.3, 0.4) is 0 Å². The molecule has 0 radical (unpaired) electrons. The molecule has 0 saturated carbocycles. The summed E-state index contributed by atoms with van der Waals surface area (Å²) < 4.78 is 5.90. The van der Waals surface area contributed by atoms with Gasteiger partial charge in [-0.2, -0.15) is 0 Å². The molecule has 0 aliphatic carbocycles. The molecule has 0 saturated heterocycles. The average Bonchev–Trinajstić information content (AvgIpc) is 2.82. The Balaban J connectivity index is 0. The second-order valence-electron chi connectivity index (χ2n) is 6.90. The highest BCUT2D eigenvalue weighted by Crippen LogP contribution is 2.29. The highest BCUT2D eigenvalue weighted by molar-refractivity contribution is 14.1. The van der Waals surface area contributed by atoms with Gasteiger partial charge in [0.2, 0.25) is 0 Å². The van der Waals surface area contributed by atoms with Gasteiger partial charge in [0.15, 0.2) is 0 Å². The number of hydrogen-bond acceptors (Lipinski definition) is 4. The number of halogens is 5. The number of hydrogen-bond donors (Lipinski definition) is 2. The second kappa shape index (κ2) is 19.6. The molecule has 2 N–H and O–H groups in total. The van der Waals surface area contributed by atoms with E-state index in [4.69, 9.17) is 10.0 Å². The van der Waals surface area contributed by atoms with Crippen LogP contribution in [0.4, 0.5) is 0 Å². The fourth-order valence-electron chi connectivity index (χ4n) is 2.58. The first kappa shape index (κ1) is 38.8. The van der Waals surface area contributed by atoms with Crippen LogP contribution >= 0.6 is 93.0 Å². The molecule has 4 nitrogen and oxygen atoms in total. The third kappa shape index (κ3) is 13.0. The van der Waals surface area contributed by atoms with Gasteiger partial charge in [0.05, 0.1) is 11.3 Å². The van der Waals surface area contributed by atoms with Crippen LogP contribution in [-0.2, 0) is 0 Å². The summed E-state index contributed by atoms with van der Waals surface area (Å²) in [5.41, 5.74) is 4.97. The molecule has 0 atom stereocenters. The van der Waals surface area contributed by atoms with Crippen molar-refractivity contribution >= 4 is 106 Å². The van der Waals surface area contributed by atoms with E-state index in [0.29, 0.717) is 0 Å². The zero-order valence-electron chi connectivity index (χ0n) is 18.2. The lowest BCUT2D eigenvalue weighted by Gasteiger charge is -2.07. The molecule has 0 aliphatic heterocycles. The Bertz CT molecular complexity index is 1200. The first-order valence-electron chi connectivity index (χ1n) is 9.85.